The van der Waals surface area contributed by atoms with Gasteiger partial charge in [0.1, 0.15) is 17.2 Å². The second-order valence-corrected chi connectivity index (χ2v) is 6.20. The van der Waals surface area contributed by atoms with Gasteiger partial charge in [0.25, 0.3) is 0 Å². The molecule has 3 rings (SSSR count). The molecular formula is C24H24O4. The molecule has 0 bridgehead atoms. The van der Waals surface area contributed by atoms with Crippen molar-refractivity contribution in [3.63, 3.8) is 0 Å². The van der Waals surface area contributed by atoms with Crippen molar-refractivity contribution in [3.05, 3.63) is 89.5 Å². The zero-order valence-corrected chi connectivity index (χ0v) is 16.3. The smallest absolute Gasteiger partial charge is 0.118 e. The van der Waals surface area contributed by atoms with Crippen molar-refractivity contribution < 1.29 is 19.3 Å². The maximum atomic E-state index is 10.3. The first-order chi connectivity index (χ1) is 13.7. The number of rotatable bonds is 7. The van der Waals surface area contributed by atoms with E-state index in [0.29, 0.717) is 0 Å². The summed E-state index contributed by atoms with van der Waals surface area (Å²) < 4.78 is 15.8. The Bertz CT molecular complexity index is 874. The third-order valence-corrected chi connectivity index (χ3v) is 4.66. The van der Waals surface area contributed by atoms with Gasteiger partial charge in [-0.15, -0.1) is 0 Å². The topological polar surface area (TPSA) is 47.9 Å². The van der Waals surface area contributed by atoms with Gasteiger partial charge in [-0.05, 0) is 64.2 Å². The van der Waals surface area contributed by atoms with Crippen molar-refractivity contribution in [2.75, 3.05) is 27.9 Å². The van der Waals surface area contributed by atoms with Gasteiger partial charge in [-0.3, -0.25) is 0 Å². The van der Waals surface area contributed by atoms with Crippen molar-refractivity contribution in [1.82, 2.24) is 0 Å². The van der Waals surface area contributed by atoms with E-state index in [1.165, 1.54) is 0 Å². The van der Waals surface area contributed by atoms with Crippen molar-refractivity contribution >= 4 is 11.1 Å². The van der Waals surface area contributed by atoms with Crippen LogP contribution in [0.3, 0.4) is 0 Å². The average Bonchev–Trinajstić information content (AvgIpc) is 2.78. The van der Waals surface area contributed by atoms with Gasteiger partial charge in [0.05, 0.1) is 27.9 Å². The van der Waals surface area contributed by atoms with Gasteiger partial charge >= 0.3 is 0 Å². The lowest BCUT2D eigenvalue weighted by molar-refractivity contribution is 0.350. The molecule has 0 aliphatic carbocycles. The lowest BCUT2D eigenvalue weighted by Crippen LogP contribution is -1.99. The number of aliphatic hydroxyl groups is 1. The molecule has 0 spiro atoms. The number of hydrogen-bond donors (Lipinski definition) is 1. The lowest BCUT2D eigenvalue weighted by atomic mass is 9.89. The number of aliphatic hydroxyl groups excluding tert-OH is 1. The minimum Gasteiger partial charge on any atom is -0.497 e. The molecule has 0 saturated heterocycles. The number of hydrogen-bond acceptors (Lipinski definition) is 4. The Balaban J connectivity index is 2.19. The predicted octanol–water partition coefficient (Wildman–Crippen LogP) is 4.66. The highest BCUT2D eigenvalue weighted by Gasteiger charge is 2.14. The Morgan fingerprint density at radius 1 is 0.571 bits per heavy atom. The summed E-state index contributed by atoms with van der Waals surface area (Å²) in [6.45, 7) is -0.0975. The van der Waals surface area contributed by atoms with Gasteiger partial charge in [-0.1, -0.05) is 36.4 Å². The molecule has 0 amide bonds. The summed E-state index contributed by atoms with van der Waals surface area (Å²) in [6, 6.07) is 23.4. The van der Waals surface area contributed by atoms with Crippen LogP contribution >= 0.6 is 0 Å². The highest BCUT2D eigenvalue weighted by Crippen LogP contribution is 2.34. The SMILES string of the molecule is COc1ccc(C(CO)=C(c2ccc(OC)cc2)c2ccc(OC)cc2)cc1. The Labute approximate surface area is 165 Å². The first-order valence-corrected chi connectivity index (χ1v) is 8.97. The van der Waals surface area contributed by atoms with Crippen LogP contribution in [0.4, 0.5) is 0 Å². The molecule has 0 aliphatic heterocycles. The van der Waals surface area contributed by atoms with Crippen molar-refractivity contribution in [3.8, 4) is 17.2 Å². The summed E-state index contributed by atoms with van der Waals surface area (Å²) in [5.74, 6) is 2.34. The fraction of sp³-hybridized carbons (Fsp3) is 0.167. The Morgan fingerprint density at radius 2 is 0.893 bits per heavy atom. The molecule has 0 fully saturated rings. The summed E-state index contributed by atoms with van der Waals surface area (Å²) in [5, 5.41) is 10.3. The number of benzene rings is 3. The Kier molecular flexibility index (Phi) is 6.35. The monoisotopic (exact) mass is 376 g/mol. The van der Waals surface area contributed by atoms with E-state index in [9.17, 15) is 5.11 Å². The van der Waals surface area contributed by atoms with Crippen LogP contribution in [0.1, 0.15) is 16.7 Å². The maximum Gasteiger partial charge on any atom is 0.118 e. The molecule has 4 nitrogen and oxygen atoms in total. The summed E-state index contributed by atoms with van der Waals surface area (Å²) >= 11 is 0. The van der Waals surface area contributed by atoms with E-state index in [1.54, 1.807) is 21.3 Å². The molecule has 144 valence electrons. The number of ether oxygens (including phenoxy) is 3. The summed E-state index contributed by atoms with van der Waals surface area (Å²) in [4.78, 5) is 0. The second-order valence-electron chi connectivity index (χ2n) is 6.20. The van der Waals surface area contributed by atoms with E-state index in [1.807, 2.05) is 72.8 Å². The van der Waals surface area contributed by atoms with Crippen molar-refractivity contribution in [2.24, 2.45) is 0 Å². The van der Waals surface area contributed by atoms with Gasteiger partial charge in [0.15, 0.2) is 0 Å². The van der Waals surface area contributed by atoms with E-state index >= 15 is 0 Å². The Hall–Kier alpha value is -3.24. The average molecular weight is 376 g/mol. The first-order valence-electron chi connectivity index (χ1n) is 8.97. The molecule has 0 unspecified atom stereocenters. The van der Waals surface area contributed by atoms with Gasteiger partial charge in [-0.25, -0.2) is 0 Å². The first kappa shape index (κ1) is 19.5. The molecule has 1 N–H and O–H groups in total. The van der Waals surface area contributed by atoms with Gasteiger partial charge in [-0.2, -0.15) is 0 Å². The largest absolute Gasteiger partial charge is 0.497 e. The van der Waals surface area contributed by atoms with E-state index in [4.69, 9.17) is 14.2 Å². The van der Waals surface area contributed by atoms with Crippen LogP contribution in [-0.2, 0) is 0 Å². The lowest BCUT2D eigenvalue weighted by Gasteiger charge is -2.17. The van der Waals surface area contributed by atoms with Crippen LogP contribution in [0.5, 0.6) is 17.2 Å². The van der Waals surface area contributed by atoms with Crippen LogP contribution in [0.15, 0.2) is 72.8 Å². The second kappa shape index (κ2) is 9.11. The van der Waals surface area contributed by atoms with Crippen LogP contribution in [0.25, 0.3) is 11.1 Å². The standard InChI is InChI=1S/C24H24O4/c1-26-20-10-4-17(5-11-20)23(16-25)24(18-6-12-21(27-2)13-7-18)19-8-14-22(28-3)15-9-19/h4-15,25H,16H2,1-3H3. The minimum atomic E-state index is -0.0975. The summed E-state index contributed by atoms with van der Waals surface area (Å²) in [7, 11) is 4.93. The van der Waals surface area contributed by atoms with Crippen LogP contribution in [-0.4, -0.2) is 33.0 Å². The third-order valence-electron chi connectivity index (χ3n) is 4.66. The van der Waals surface area contributed by atoms with Gasteiger partial charge in [0, 0.05) is 0 Å². The van der Waals surface area contributed by atoms with Crippen LogP contribution in [0.2, 0.25) is 0 Å². The van der Waals surface area contributed by atoms with Gasteiger partial charge in [0.2, 0.25) is 0 Å². The summed E-state index contributed by atoms with van der Waals surface area (Å²) in [6.07, 6.45) is 0. The molecular weight excluding hydrogens is 352 g/mol. The molecule has 0 aromatic heterocycles. The van der Waals surface area contributed by atoms with Crippen molar-refractivity contribution in [2.45, 2.75) is 0 Å². The fourth-order valence-electron chi connectivity index (χ4n) is 3.14. The van der Waals surface area contributed by atoms with Crippen LogP contribution in [0, 0.1) is 0 Å². The minimum absolute atomic E-state index is 0.0975. The molecule has 3 aromatic carbocycles. The zero-order valence-electron chi connectivity index (χ0n) is 16.3. The van der Waals surface area contributed by atoms with Crippen LogP contribution < -0.4 is 14.2 Å². The summed E-state index contributed by atoms with van der Waals surface area (Å²) in [5.41, 5.74) is 4.71. The molecule has 0 atom stereocenters. The van der Waals surface area contributed by atoms with Gasteiger partial charge < -0.3 is 19.3 Å². The maximum absolute atomic E-state index is 10.3. The highest BCUT2D eigenvalue weighted by molar-refractivity contribution is 5.99. The Morgan fingerprint density at radius 3 is 1.18 bits per heavy atom. The molecule has 0 saturated carbocycles. The predicted molar refractivity (Wildman–Crippen MR) is 112 cm³/mol. The quantitative estimate of drug-likeness (QED) is 0.609. The van der Waals surface area contributed by atoms with E-state index in [2.05, 4.69) is 0 Å². The number of methoxy groups -OCH3 is 3. The fourth-order valence-corrected chi connectivity index (χ4v) is 3.14. The van der Waals surface area contributed by atoms with E-state index < -0.39 is 0 Å². The molecule has 28 heavy (non-hydrogen) atoms. The molecule has 0 radical (unpaired) electrons. The molecule has 0 aliphatic rings. The third kappa shape index (κ3) is 4.18. The molecule has 4 heteroatoms. The van der Waals surface area contributed by atoms with E-state index in [0.717, 1.165) is 45.1 Å². The van der Waals surface area contributed by atoms with Crippen molar-refractivity contribution in [1.29, 1.82) is 0 Å². The highest BCUT2D eigenvalue weighted by atomic mass is 16.5. The van der Waals surface area contributed by atoms with E-state index in [-0.39, 0.29) is 6.61 Å². The molecule has 3 aromatic rings. The molecule has 0 heterocycles. The zero-order chi connectivity index (χ0) is 19.9. The normalized spacial score (nSPS) is 10.3.